The summed E-state index contributed by atoms with van der Waals surface area (Å²) >= 11 is 0. The third kappa shape index (κ3) is 4.09. The summed E-state index contributed by atoms with van der Waals surface area (Å²) in [5.41, 5.74) is 0.792. The Morgan fingerprint density at radius 3 is 2.46 bits per heavy atom. The van der Waals surface area contributed by atoms with Crippen molar-refractivity contribution in [2.45, 2.75) is 12.6 Å². The lowest BCUT2D eigenvalue weighted by Gasteiger charge is -2.34. The maximum absolute atomic E-state index is 12.1. The zero-order chi connectivity index (χ0) is 18.6. The Morgan fingerprint density at radius 2 is 1.81 bits per heavy atom. The summed E-state index contributed by atoms with van der Waals surface area (Å²) in [6, 6.07) is 12.9. The molecule has 0 radical (unpaired) electrons. The van der Waals surface area contributed by atoms with Crippen LogP contribution in [0.2, 0.25) is 0 Å². The van der Waals surface area contributed by atoms with Crippen molar-refractivity contribution in [3.63, 3.8) is 0 Å². The van der Waals surface area contributed by atoms with Crippen LogP contribution in [0, 0.1) is 0 Å². The minimum absolute atomic E-state index is 0.0450. The predicted molar refractivity (Wildman–Crippen MR) is 87.4 cm³/mol. The standard InChI is InChI=1S/C16H15N3O6S/c20-15-14(17-16(21)24-12-13-7-3-1-4-8-13)11-19(15)26(22,23)25-18-9-5-2-6-10-18/h1-10,14H,11-12H2/p+1. The highest BCUT2D eigenvalue weighted by Crippen LogP contribution is 2.15. The molecule has 0 aliphatic carbocycles. The van der Waals surface area contributed by atoms with Gasteiger partial charge in [0.25, 0.3) is 5.91 Å². The van der Waals surface area contributed by atoms with Crippen LogP contribution in [0.25, 0.3) is 0 Å². The number of pyridine rings is 1. The van der Waals surface area contributed by atoms with Gasteiger partial charge in [-0.15, -0.1) is 4.28 Å². The van der Waals surface area contributed by atoms with Crippen molar-refractivity contribution in [2.24, 2.45) is 0 Å². The van der Waals surface area contributed by atoms with Gasteiger partial charge in [0, 0.05) is 16.9 Å². The third-order valence-corrected chi connectivity index (χ3v) is 4.76. The van der Waals surface area contributed by atoms with E-state index in [-0.39, 0.29) is 13.2 Å². The number of rotatable bonds is 6. The van der Waals surface area contributed by atoms with E-state index in [1.807, 2.05) is 6.07 Å². The van der Waals surface area contributed by atoms with E-state index in [1.165, 1.54) is 12.4 Å². The largest absolute Gasteiger partial charge is 0.466 e. The molecule has 26 heavy (non-hydrogen) atoms. The van der Waals surface area contributed by atoms with Gasteiger partial charge in [0.1, 0.15) is 12.6 Å². The molecule has 0 saturated carbocycles. The molecule has 0 spiro atoms. The molecule has 3 rings (SSSR count). The predicted octanol–water partition coefficient (Wildman–Crippen LogP) is -0.215. The number of ether oxygens (including phenoxy) is 1. The molecule has 1 aromatic heterocycles. The Morgan fingerprint density at radius 1 is 1.15 bits per heavy atom. The van der Waals surface area contributed by atoms with Crippen LogP contribution in [0.15, 0.2) is 60.9 Å². The topological polar surface area (TPSA) is 106 Å². The molecule has 9 nitrogen and oxygen atoms in total. The average molecular weight is 378 g/mol. The second kappa shape index (κ2) is 7.40. The molecule has 2 aromatic rings. The number of amides is 2. The van der Waals surface area contributed by atoms with Gasteiger partial charge in [-0.2, -0.15) is 12.7 Å². The molecule has 1 saturated heterocycles. The van der Waals surface area contributed by atoms with E-state index in [1.54, 1.807) is 42.5 Å². The SMILES string of the molecule is O=C(NC1CN(S(=O)(=O)O[n+]2ccccc2)C1=O)OCc1ccccc1. The number of nitrogens with one attached hydrogen (secondary N) is 1. The van der Waals surface area contributed by atoms with Crippen LogP contribution in [-0.4, -0.2) is 37.3 Å². The van der Waals surface area contributed by atoms with Crippen LogP contribution in [0.4, 0.5) is 4.79 Å². The van der Waals surface area contributed by atoms with Gasteiger partial charge in [-0.3, -0.25) is 4.79 Å². The number of alkyl carbamates (subject to hydrolysis) is 1. The van der Waals surface area contributed by atoms with Gasteiger partial charge in [0.2, 0.25) is 12.4 Å². The van der Waals surface area contributed by atoms with Crippen molar-refractivity contribution < 1.29 is 31.8 Å². The van der Waals surface area contributed by atoms with Crippen LogP contribution in [0.1, 0.15) is 5.56 Å². The van der Waals surface area contributed by atoms with Crippen LogP contribution >= 0.6 is 0 Å². The van der Waals surface area contributed by atoms with Gasteiger partial charge in [-0.05, 0) is 5.56 Å². The van der Waals surface area contributed by atoms with Crippen molar-refractivity contribution >= 4 is 22.3 Å². The lowest BCUT2D eigenvalue weighted by Crippen LogP contribution is -2.68. The van der Waals surface area contributed by atoms with E-state index in [0.717, 1.165) is 10.3 Å². The molecule has 0 bridgehead atoms. The fraction of sp³-hybridized carbons (Fsp3) is 0.188. The normalized spacial score (nSPS) is 16.5. The van der Waals surface area contributed by atoms with Crippen LogP contribution in [-0.2, 0) is 26.4 Å². The number of hydrogen-bond donors (Lipinski definition) is 1. The first kappa shape index (κ1) is 17.7. The molecule has 1 aliphatic heterocycles. The van der Waals surface area contributed by atoms with E-state index in [2.05, 4.69) is 5.32 Å². The van der Waals surface area contributed by atoms with Crippen LogP contribution in [0.5, 0.6) is 0 Å². The summed E-state index contributed by atoms with van der Waals surface area (Å²) < 4.78 is 35.4. The Hall–Kier alpha value is -3.14. The molecular formula is C16H16N3O6S+. The third-order valence-electron chi connectivity index (χ3n) is 3.54. The van der Waals surface area contributed by atoms with Crippen molar-refractivity contribution in [3.8, 4) is 0 Å². The number of benzene rings is 1. The Labute approximate surface area is 150 Å². The van der Waals surface area contributed by atoms with E-state index >= 15 is 0 Å². The summed E-state index contributed by atoms with van der Waals surface area (Å²) in [4.78, 5) is 23.7. The number of carbonyl (C=O) groups is 2. The van der Waals surface area contributed by atoms with Crippen molar-refractivity contribution in [2.75, 3.05) is 6.54 Å². The molecule has 1 atom stereocenters. The number of aromatic nitrogens is 1. The summed E-state index contributed by atoms with van der Waals surface area (Å²) in [7, 11) is -4.30. The van der Waals surface area contributed by atoms with Crippen LogP contribution < -0.4 is 14.3 Å². The van der Waals surface area contributed by atoms with E-state index in [9.17, 15) is 18.0 Å². The number of β-lactam (4-membered cyclic amide) rings is 1. The van der Waals surface area contributed by atoms with Gasteiger partial charge in [-0.1, -0.05) is 36.4 Å². The summed E-state index contributed by atoms with van der Waals surface area (Å²) in [5.74, 6) is -0.793. The molecule has 2 heterocycles. The van der Waals surface area contributed by atoms with Gasteiger partial charge in [-0.25, -0.2) is 4.79 Å². The maximum atomic E-state index is 12.1. The average Bonchev–Trinajstić information content (AvgIpc) is 2.64. The highest BCUT2D eigenvalue weighted by atomic mass is 32.2. The molecule has 1 fully saturated rings. The fourth-order valence-corrected chi connectivity index (χ4v) is 3.27. The lowest BCUT2D eigenvalue weighted by atomic mass is 10.2. The maximum Gasteiger partial charge on any atom is 0.466 e. The Balaban J connectivity index is 1.49. The number of carbonyl (C=O) groups excluding carboxylic acids is 2. The highest BCUT2D eigenvalue weighted by molar-refractivity contribution is 7.85. The first-order valence-electron chi connectivity index (χ1n) is 7.66. The lowest BCUT2D eigenvalue weighted by molar-refractivity contribution is -0.857. The summed E-state index contributed by atoms with van der Waals surface area (Å²) in [6.45, 7) is -0.182. The van der Waals surface area contributed by atoms with E-state index < -0.39 is 28.3 Å². The van der Waals surface area contributed by atoms with E-state index in [0.29, 0.717) is 4.31 Å². The minimum atomic E-state index is -4.30. The van der Waals surface area contributed by atoms with Crippen molar-refractivity contribution in [1.29, 1.82) is 0 Å². The minimum Gasteiger partial charge on any atom is -0.445 e. The smallest absolute Gasteiger partial charge is 0.445 e. The molecule has 1 aromatic carbocycles. The molecule has 2 amide bonds. The van der Waals surface area contributed by atoms with Gasteiger partial charge >= 0.3 is 16.4 Å². The zero-order valence-electron chi connectivity index (χ0n) is 13.5. The zero-order valence-corrected chi connectivity index (χ0v) is 14.3. The fourth-order valence-electron chi connectivity index (χ4n) is 2.19. The Bertz CT molecular complexity index is 889. The first-order valence-corrected chi connectivity index (χ1v) is 9.02. The van der Waals surface area contributed by atoms with Crippen molar-refractivity contribution in [3.05, 3.63) is 66.5 Å². The van der Waals surface area contributed by atoms with Gasteiger partial charge in [0.05, 0.1) is 6.54 Å². The quantitative estimate of drug-likeness (QED) is 0.551. The summed E-state index contributed by atoms with van der Waals surface area (Å²) in [6.07, 6.45) is 1.94. The molecule has 1 unspecified atom stereocenters. The summed E-state index contributed by atoms with van der Waals surface area (Å²) in [5, 5.41) is 2.32. The monoisotopic (exact) mass is 378 g/mol. The second-order valence-electron chi connectivity index (χ2n) is 5.40. The molecular weight excluding hydrogens is 362 g/mol. The van der Waals surface area contributed by atoms with E-state index in [4.69, 9.17) is 9.02 Å². The molecule has 136 valence electrons. The van der Waals surface area contributed by atoms with Crippen molar-refractivity contribution in [1.82, 2.24) is 9.62 Å². The molecule has 1 aliphatic rings. The van der Waals surface area contributed by atoms with Crippen LogP contribution in [0.3, 0.4) is 0 Å². The first-order chi connectivity index (χ1) is 12.5. The highest BCUT2D eigenvalue weighted by Gasteiger charge is 2.48. The van der Waals surface area contributed by atoms with Gasteiger partial charge < -0.3 is 10.1 Å². The van der Waals surface area contributed by atoms with Gasteiger partial charge in [0.15, 0.2) is 0 Å². The molecule has 1 N–H and O–H groups in total. The number of nitrogens with zero attached hydrogens (tertiary/aromatic N) is 2. The Kier molecular flexibility index (Phi) is 5.03. The molecule has 10 heteroatoms. The number of hydrogen-bond acceptors (Lipinski definition) is 6. The second-order valence-corrected chi connectivity index (χ2v) is 6.84.